The number of para-hydroxylation sites is 1. The number of rotatable bonds is 3. The minimum Gasteiger partial charge on any atom is -0.321 e. The number of halogens is 1. The molecule has 1 N–H and O–H groups in total. The summed E-state index contributed by atoms with van der Waals surface area (Å²) in [6.07, 6.45) is 3.22. The van der Waals surface area contributed by atoms with E-state index in [1.54, 1.807) is 18.5 Å². The lowest BCUT2D eigenvalue weighted by molar-refractivity contribution is 0.102. The van der Waals surface area contributed by atoms with Gasteiger partial charge in [0.1, 0.15) is 0 Å². The van der Waals surface area contributed by atoms with E-state index in [-0.39, 0.29) is 5.91 Å². The van der Waals surface area contributed by atoms with Crippen molar-refractivity contribution in [2.75, 3.05) is 5.32 Å². The molecule has 0 bridgehead atoms. The standard InChI is InChI=1S/C16H17BrN2O/c1-10(2)14-6-4-5-11(3)15(14)19-16(20)12-7-13(17)9-18-8-12/h4-10H,1-3H3,(H,19,20). The molecule has 1 heterocycles. The normalized spacial score (nSPS) is 10.7. The van der Waals surface area contributed by atoms with Crippen molar-refractivity contribution in [1.29, 1.82) is 0 Å². The molecule has 1 aromatic carbocycles. The highest BCUT2D eigenvalue weighted by molar-refractivity contribution is 9.10. The molecule has 0 saturated carbocycles. The van der Waals surface area contributed by atoms with Crippen molar-refractivity contribution >= 4 is 27.5 Å². The first-order valence-corrected chi connectivity index (χ1v) is 7.29. The third-order valence-corrected chi connectivity index (χ3v) is 3.57. The summed E-state index contributed by atoms with van der Waals surface area (Å²) in [6, 6.07) is 7.82. The predicted octanol–water partition coefficient (Wildman–Crippen LogP) is 4.53. The Balaban J connectivity index is 2.33. The fourth-order valence-electron chi connectivity index (χ4n) is 2.06. The summed E-state index contributed by atoms with van der Waals surface area (Å²) in [5.41, 5.74) is 3.64. The molecule has 1 amide bonds. The highest BCUT2D eigenvalue weighted by atomic mass is 79.9. The topological polar surface area (TPSA) is 42.0 Å². The maximum absolute atomic E-state index is 12.3. The number of carbonyl (C=O) groups excluding carboxylic acids is 1. The van der Waals surface area contributed by atoms with Crippen LogP contribution >= 0.6 is 15.9 Å². The SMILES string of the molecule is Cc1cccc(C(C)C)c1NC(=O)c1cncc(Br)c1. The molecule has 0 fully saturated rings. The minimum absolute atomic E-state index is 0.144. The van der Waals surface area contributed by atoms with Crippen molar-refractivity contribution < 1.29 is 4.79 Å². The van der Waals surface area contributed by atoms with Gasteiger partial charge in [-0.3, -0.25) is 9.78 Å². The second-order valence-electron chi connectivity index (χ2n) is 5.04. The number of carbonyl (C=O) groups is 1. The molecular weight excluding hydrogens is 316 g/mol. The first kappa shape index (κ1) is 14.7. The molecule has 0 radical (unpaired) electrons. The van der Waals surface area contributed by atoms with Crippen LogP contribution in [0.15, 0.2) is 41.1 Å². The molecule has 2 aromatic rings. The van der Waals surface area contributed by atoms with Crippen molar-refractivity contribution in [3.63, 3.8) is 0 Å². The fourth-order valence-corrected chi connectivity index (χ4v) is 2.43. The number of aromatic nitrogens is 1. The van der Waals surface area contributed by atoms with Crippen molar-refractivity contribution in [2.24, 2.45) is 0 Å². The first-order chi connectivity index (χ1) is 9.49. The summed E-state index contributed by atoms with van der Waals surface area (Å²) < 4.78 is 0.791. The van der Waals surface area contributed by atoms with Gasteiger partial charge < -0.3 is 5.32 Å². The Bertz CT molecular complexity index is 638. The van der Waals surface area contributed by atoms with Gasteiger partial charge in [-0.1, -0.05) is 32.0 Å². The van der Waals surface area contributed by atoms with Crippen molar-refractivity contribution in [3.8, 4) is 0 Å². The number of nitrogens with zero attached hydrogens (tertiary/aromatic N) is 1. The summed E-state index contributed by atoms with van der Waals surface area (Å²) >= 11 is 3.33. The Labute approximate surface area is 127 Å². The summed E-state index contributed by atoms with van der Waals surface area (Å²) in [4.78, 5) is 16.3. The van der Waals surface area contributed by atoms with Gasteiger partial charge in [0.2, 0.25) is 0 Å². The van der Waals surface area contributed by atoms with Crippen LogP contribution in [0.2, 0.25) is 0 Å². The lowest BCUT2D eigenvalue weighted by Crippen LogP contribution is -2.15. The Morgan fingerprint density at radius 3 is 2.70 bits per heavy atom. The Kier molecular flexibility index (Phi) is 4.55. The van der Waals surface area contributed by atoms with Gasteiger partial charge in [0.05, 0.1) is 5.56 Å². The maximum atomic E-state index is 12.3. The van der Waals surface area contributed by atoms with Crippen LogP contribution in [0.25, 0.3) is 0 Å². The fraction of sp³-hybridized carbons (Fsp3) is 0.250. The zero-order chi connectivity index (χ0) is 14.7. The molecule has 0 atom stereocenters. The molecule has 0 aliphatic carbocycles. The Morgan fingerprint density at radius 1 is 1.30 bits per heavy atom. The smallest absolute Gasteiger partial charge is 0.257 e. The Hall–Kier alpha value is -1.68. The van der Waals surface area contributed by atoms with Gasteiger partial charge in [-0.15, -0.1) is 0 Å². The maximum Gasteiger partial charge on any atom is 0.257 e. The van der Waals surface area contributed by atoms with Gasteiger partial charge in [0.25, 0.3) is 5.91 Å². The average Bonchev–Trinajstić information content (AvgIpc) is 2.40. The third kappa shape index (κ3) is 3.25. The van der Waals surface area contributed by atoms with Crippen LogP contribution in [0.4, 0.5) is 5.69 Å². The Morgan fingerprint density at radius 2 is 2.05 bits per heavy atom. The molecule has 0 unspecified atom stereocenters. The van der Waals surface area contributed by atoms with E-state index in [0.29, 0.717) is 11.5 Å². The number of nitrogens with one attached hydrogen (secondary N) is 1. The zero-order valence-corrected chi connectivity index (χ0v) is 13.4. The van der Waals surface area contributed by atoms with E-state index in [1.807, 2.05) is 25.1 Å². The van der Waals surface area contributed by atoms with Gasteiger partial charge in [-0.05, 0) is 46.0 Å². The summed E-state index contributed by atoms with van der Waals surface area (Å²) in [5, 5.41) is 3.00. The van der Waals surface area contributed by atoms with E-state index in [0.717, 1.165) is 21.3 Å². The highest BCUT2D eigenvalue weighted by Gasteiger charge is 2.13. The molecule has 4 heteroatoms. The van der Waals surface area contributed by atoms with Gasteiger partial charge >= 0.3 is 0 Å². The van der Waals surface area contributed by atoms with Crippen molar-refractivity contribution in [1.82, 2.24) is 4.98 Å². The monoisotopic (exact) mass is 332 g/mol. The number of amides is 1. The quantitative estimate of drug-likeness (QED) is 0.897. The molecule has 1 aromatic heterocycles. The molecule has 0 aliphatic rings. The lowest BCUT2D eigenvalue weighted by atomic mass is 9.98. The molecule has 3 nitrogen and oxygen atoms in total. The van der Waals surface area contributed by atoms with Gasteiger partial charge in [-0.2, -0.15) is 0 Å². The van der Waals surface area contributed by atoms with E-state index in [2.05, 4.69) is 40.1 Å². The van der Waals surface area contributed by atoms with Crippen LogP contribution in [0.3, 0.4) is 0 Å². The summed E-state index contributed by atoms with van der Waals surface area (Å²) in [7, 11) is 0. The van der Waals surface area contributed by atoms with E-state index < -0.39 is 0 Å². The summed E-state index contributed by atoms with van der Waals surface area (Å²) in [5.74, 6) is 0.209. The van der Waals surface area contributed by atoms with Gasteiger partial charge in [0.15, 0.2) is 0 Å². The minimum atomic E-state index is -0.144. The van der Waals surface area contributed by atoms with E-state index in [1.165, 1.54) is 0 Å². The number of hydrogen-bond donors (Lipinski definition) is 1. The molecule has 0 aliphatic heterocycles. The van der Waals surface area contributed by atoms with Crippen LogP contribution < -0.4 is 5.32 Å². The van der Waals surface area contributed by atoms with E-state index in [9.17, 15) is 4.79 Å². The average molecular weight is 333 g/mol. The number of anilines is 1. The number of hydrogen-bond acceptors (Lipinski definition) is 2. The number of benzene rings is 1. The van der Waals surface area contributed by atoms with Crippen molar-refractivity contribution in [3.05, 3.63) is 57.8 Å². The van der Waals surface area contributed by atoms with E-state index in [4.69, 9.17) is 0 Å². The second kappa shape index (κ2) is 6.18. The summed E-state index contributed by atoms with van der Waals surface area (Å²) in [6.45, 7) is 6.23. The van der Waals surface area contributed by atoms with Crippen LogP contribution in [0.1, 0.15) is 41.3 Å². The molecular formula is C16H17BrN2O. The molecule has 2 rings (SSSR count). The molecule has 0 spiro atoms. The van der Waals surface area contributed by atoms with E-state index >= 15 is 0 Å². The zero-order valence-electron chi connectivity index (χ0n) is 11.8. The van der Waals surface area contributed by atoms with Crippen LogP contribution in [-0.4, -0.2) is 10.9 Å². The second-order valence-corrected chi connectivity index (χ2v) is 5.96. The van der Waals surface area contributed by atoms with Crippen LogP contribution in [-0.2, 0) is 0 Å². The van der Waals surface area contributed by atoms with Crippen LogP contribution in [0, 0.1) is 6.92 Å². The largest absolute Gasteiger partial charge is 0.321 e. The molecule has 20 heavy (non-hydrogen) atoms. The number of aryl methyl sites for hydroxylation is 1. The first-order valence-electron chi connectivity index (χ1n) is 6.50. The number of pyridine rings is 1. The predicted molar refractivity (Wildman–Crippen MR) is 85.2 cm³/mol. The third-order valence-electron chi connectivity index (χ3n) is 3.13. The lowest BCUT2D eigenvalue weighted by Gasteiger charge is -2.16. The van der Waals surface area contributed by atoms with Crippen molar-refractivity contribution in [2.45, 2.75) is 26.7 Å². The van der Waals surface area contributed by atoms with Gasteiger partial charge in [0, 0.05) is 22.6 Å². The molecule has 104 valence electrons. The van der Waals surface area contributed by atoms with Crippen LogP contribution in [0.5, 0.6) is 0 Å². The molecule has 0 saturated heterocycles. The highest BCUT2D eigenvalue weighted by Crippen LogP contribution is 2.27. The van der Waals surface area contributed by atoms with Gasteiger partial charge in [-0.25, -0.2) is 0 Å².